The molecule has 3 aromatic rings. The lowest BCUT2D eigenvalue weighted by Crippen LogP contribution is -2.46. The first-order valence-electron chi connectivity index (χ1n) is 10.9. The van der Waals surface area contributed by atoms with E-state index in [4.69, 9.17) is 19.6 Å². The molecule has 8 nitrogen and oxygen atoms in total. The topological polar surface area (TPSA) is 85.6 Å². The van der Waals surface area contributed by atoms with E-state index >= 15 is 0 Å². The molecule has 0 spiro atoms. The molecule has 2 N–H and O–H groups in total. The zero-order chi connectivity index (χ0) is 20.9. The third-order valence-electron chi connectivity index (χ3n) is 6.37. The lowest BCUT2D eigenvalue weighted by Gasteiger charge is -2.28. The Bertz CT molecular complexity index is 1140. The molecule has 6 rings (SSSR count). The molecule has 3 aromatic heterocycles. The smallest absolute Gasteiger partial charge is 0.157 e. The van der Waals surface area contributed by atoms with Gasteiger partial charge in [-0.2, -0.15) is 5.10 Å². The van der Waals surface area contributed by atoms with E-state index in [2.05, 4.69) is 15.6 Å². The van der Waals surface area contributed by atoms with Crippen LogP contribution in [-0.4, -0.2) is 52.0 Å². The average molecular weight is 424 g/mol. The summed E-state index contributed by atoms with van der Waals surface area (Å²) in [6.45, 7) is 2.28. The molecule has 2 atom stereocenters. The van der Waals surface area contributed by atoms with Crippen LogP contribution in [0.2, 0.25) is 0 Å². The van der Waals surface area contributed by atoms with E-state index in [1.807, 2.05) is 16.6 Å². The van der Waals surface area contributed by atoms with E-state index in [1.165, 1.54) is 0 Å². The lowest BCUT2D eigenvalue weighted by molar-refractivity contribution is 0.134. The largest absolute Gasteiger partial charge is 0.495 e. The number of piperidine rings is 1. The van der Waals surface area contributed by atoms with E-state index in [-0.39, 0.29) is 6.04 Å². The van der Waals surface area contributed by atoms with Gasteiger partial charge in [-0.15, -0.1) is 0 Å². The van der Waals surface area contributed by atoms with Crippen molar-refractivity contribution in [3.63, 3.8) is 0 Å². The molecule has 3 aliphatic rings. The molecule has 0 amide bonds. The van der Waals surface area contributed by atoms with Gasteiger partial charge in [0.05, 0.1) is 38.3 Å². The predicted octanol–water partition coefficient (Wildman–Crippen LogP) is 2.82. The maximum Gasteiger partial charge on any atom is 0.157 e. The van der Waals surface area contributed by atoms with Crippen molar-refractivity contribution in [2.45, 2.75) is 50.6 Å². The Morgan fingerprint density at radius 3 is 2.97 bits per heavy atom. The molecule has 5 heterocycles. The molecular formula is C22H25FN6O2. The van der Waals surface area contributed by atoms with Gasteiger partial charge in [0.1, 0.15) is 29.1 Å². The van der Waals surface area contributed by atoms with Gasteiger partial charge in [0.25, 0.3) is 0 Å². The van der Waals surface area contributed by atoms with E-state index < -0.39 is 6.17 Å². The van der Waals surface area contributed by atoms with E-state index in [1.54, 1.807) is 13.3 Å². The fourth-order valence-corrected chi connectivity index (χ4v) is 4.46. The zero-order valence-corrected chi connectivity index (χ0v) is 17.4. The Morgan fingerprint density at radius 1 is 1.26 bits per heavy atom. The maximum absolute atomic E-state index is 14.5. The monoisotopic (exact) mass is 424 g/mol. The summed E-state index contributed by atoms with van der Waals surface area (Å²) < 4.78 is 27.5. The number of nitrogens with one attached hydrogen (secondary N) is 2. The molecule has 162 valence electrons. The number of alkyl halides is 1. The van der Waals surface area contributed by atoms with Crippen LogP contribution in [-0.2, 0) is 18.0 Å². The number of ether oxygens (including phenoxy) is 2. The maximum atomic E-state index is 14.5. The van der Waals surface area contributed by atoms with Crippen molar-refractivity contribution in [1.29, 1.82) is 0 Å². The number of hydrogen-bond donors (Lipinski definition) is 2. The minimum absolute atomic E-state index is 0.313. The second kappa shape index (κ2) is 7.42. The molecule has 31 heavy (non-hydrogen) atoms. The molecule has 9 heteroatoms. The first-order chi connectivity index (χ1) is 15.2. The van der Waals surface area contributed by atoms with Crippen LogP contribution < -0.4 is 15.4 Å². The van der Waals surface area contributed by atoms with E-state index in [0.717, 1.165) is 46.8 Å². The van der Waals surface area contributed by atoms with Crippen LogP contribution in [0.3, 0.4) is 0 Å². The standard InChI is InChI=1S/C22H25FN6O2/c1-30-19-7-20-25-9-18(29(20)28-21(19)12-2-3-12)16-6-13-10-31-11-14(13)22(26-16)27-17-8-24-5-4-15(17)23/h6-7,9,12,15,17,24H,2-5,8,10-11H2,1H3,(H,26,27)/t15-,17-/m1/s1. The second-order valence-corrected chi connectivity index (χ2v) is 8.53. The number of rotatable bonds is 5. The number of anilines is 1. The van der Waals surface area contributed by atoms with Crippen LogP contribution in [0.1, 0.15) is 42.0 Å². The van der Waals surface area contributed by atoms with Gasteiger partial charge in [-0.3, -0.25) is 0 Å². The summed E-state index contributed by atoms with van der Waals surface area (Å²) in [5.41, 5.74) is 5.30. The molecule has 0 bridgehead atoms. The van der Waals surface area contributed by atoms with Gasteiger partial charge in [0, 0.05) is 24.1 Å². The van der Waals surface area contributed by atoms with Crippen molar-refractivity contribution in [3.8, 4) is 17.1 Å². The normalized spacial score (nSPS) is 23.2. The summed E-state index contributed by atoms with van der Waals surface area (Å²) in [6, 6.07) is 3.65. The van der Waals surface area contributed by atoms with Gasteiger partial charge in [0.15, 0.2) is 5.65 Å². The number of pyridine rings is 1. The number of imidazole rings is 1. The van der Waals surface area contributed by atoms with Crippen LogP contribution in [0.15, 0.2) is 18.3 Å². The first-order valence-corrected chi connectivity index (χ1v) is 10.9. The van der Waals surface area contributed by atoms with Crippen LogP contribution in [0.5, 0.6) is 5.75 Å². The van der Waals surface area contributed by atoms with Gasteiger partial charge < -0.3 is 20.1 Å². The highest BCUT2D eigenvalue weighted by molar-refractivity contribution is 5.66. The Morgan fingerprint density at radius 2 is 2.16 bits per heavy atom. The highest BCUT2D eigenvalue weighted by atomic mass is 19.1. The summed E-state index contributed by atoms with van der Waals surface area (Å²) in [4.78, 5) is 9.41. The van der Waals surface area contributed by atoms with Crippen LogP contribution in [0.4, 0.5) is 10.2 Å². The third kappa shape index (κ3) is 3.32. The molecule has 1 aliphatic carbocycles. The Balaban J connectivity index is 1.43. The molecule has 0 radical (unpaired) electrons. The lowest BCUT2D eigenvalue weighted by atomic mass is 10.0. The summed E-state index contributed by atoms with van der Waals surface area (Å²) in [6.07, 6.45) is 3.63. The van der Waals surface area contributed by atoms with Gasteiger partial charge in [-0.25, -0.2) is 18.9 Å². The molecule has 0 aromatic carbocycles. The Kier molecular flexibility index (Phi) is 4.53. The molecule has 1 saturated heterocycles. The zero-order valence-electron chi connectivity index (χ0n) is 17.4. The number of halogens is 1. The second-order valence-electron chi connectivity index (χ2n) is 8.53. The van der Waals surface area contributed by atoms with E-state index in [0.29, 0.717) is 50.1 Å². The van der Waals surface area contributed by atoms with Gasteiger partial charge >= 0.3 is 0 Å². The summed E-state index contributed by atoms with van der Waals surface area (Å²) in [5.74, 6) is 1.91. The van der Waals surface area contributed by atoms with Crippen LogP contribution in [0, 0.1) is 0 Å². The van der Waals surface area contributed by atoms with Crippen molar-refractivity contribution >= 4 is 11.5 Å². The van der Waals surface area contributed by atoms with Gasteiger partial charge in [-0.05, 0) is 37.4 Å². The minimum atomic E-state index is -0.907. The fraction of sp³-hybridized carbons (Fsp3) is 0.500. The fourth-order valence-electron chi connectivity index (χ4n) is 4.46. The number of hydrogen-bond acceptors (Lipinski definition) is 7. The predicted molar refractivity (Wildman–Crippen MR) is 113 cm³/mol. The SMILES string of the molecule is COc1cc2ncc(-c3cc4c(c(N[C@@H]5CNCC[C@H]5F)n3)COC4)n2nc1C1CC1. The van der Waals surface area contributed by atoms with Gasteiger partial charge in [-0.1, -0.05) is 0 Å². The summed E-state index contributed by atoms with van der Waals surface area (Å²) >= 11 is 0. The highest BCUT2D eigenvalue weighted by Gasteiger charge is 2.31. The third-order valence-corrected chi connectivity index (χ3v) is 6.37. The van der Waals surface area contributed by atoms with Crippen LogP contribution >= 0.6 is 0 Å². The van der Waals surface area contributed by atoms with E-state index in [9.17, 15) is 4.39 Å². The Hall–Kier alpha value is -2.78. The molecule has 1 saturated carbocycles. The van der Waals surface area contributed by atoms with Crippen molar-refractivity contribution < 1.29 is 13.9 Å². The average Bonchev–Trinajstić information content (AvgIpc) is 3.37. The van der Waals surface area contributed by atoms with Crippen LogP contribution in [0.25, 0.3) is 17.0 Å². The first kappa shape index (κ1) is 18.9. The number of aromatic nitrogens is 4. The molecule has 0 unspecified atom stereocenters. The van der Waals surface area contributed by atoms with Crippen molar-refractivity contribution in [3.05, 3.63) is 35.2 Å². The minimum Gasteiger partial charge on any atom is -0.495 e. The van der Waals surface area contributed by atoms with Crippen molar-refractivity contribution in [2.75, 3.05) is 25.5 Å². The summed E-state index contributed by atoms with van der Waals surface area (Å²) in [7, 11) is 1.67. The van der Waals surface area contributed by atoms with Crippen molar-refractivity contribution in [1.82, 2.24) is 24.9 Å². The highest BCUT2D eigenvalue weighted by Crippen LogP contribution is 2.43. The van der Waals surface area contributed by atoms with Crippen molar-refractivity contribution in [2.24, 2.45) is 0 Å². The molecular weight excluding hydrogens is 399 g/mol. The number of methoxy groups -OCH3 is 1. The molecule has 2 fully saturated rings. The van der Waals surface area contributed by atoms with Gasteiger partial charge in [0.2, 0.25) is 0 Å². The quantitative estimate of drug-likeness (QED) is 0.651. The molecule has 2 aliphatic heterocycles. The Labute approximate surface area is 179 Å². The summed E-state index contributed by atoms with van der Waals surface area (Å²) in [5, 5.41) is 11.5. The number of fused-ring (bicyclic) bond motifs is 2. The number of nitrogens with zero attached hydrogens (tertiary/aromatic N) is 4.